The van der Waals surface area contributed by atoms with Crippen LogP contribution in [0.5, 0.6) is 0 Å². The van der Waals surface area contributed by atoms with Crippen LogP contribution < -0.4 is 5.73 Å². The topological polar surface area (TPSA) is 54.3 Å². The van der Waals surface area contributed by atoms with E-state index in [4.69, 9.17) is 10.5 Å². The Kier molecular flexibility index (Phi) is 2.74. The number of hydrogen-bond donors (Lipinski definition) is 2. The average Bonchev–Trinajstić information content (AvgIpc) is 2.75. The fourth-order valence-electron chi connectivity index (χ4n) is 2.41. The van der Waals surface area contributed by atoms with Gasteiger partial charge in [0.05, 0.1) is 13.2 Å². The third-order valence-electron chi connectivity index (χ3n) is 3.32. The Morgan fingerprint density at radius 3 is 2.94 bits per heavy atom. The number of nitrogens with one attached hydrogen (secondary N) is 1. The van der Waals surface area contributed by atoms with Gasteiger partial charge in [-0.05, 0) is 17.7 Å². The summed E-state index contributed by atoms with van der Waals surface area (Å²) in [5.74, 6) is 0. The standard InChI is InChI=1S/C13H17N3O/c14-11-2-1-3-12-13(11)10(8-15-12)9-16-4-6-17-7-5-16/h1-3,8,15H,4-7,9,14H2. The van der Waals surface area contributed by atoms with Crippen LogP contribution in [0, 0.1) is 0 Å². The van der Waals surface area contributed by atoms with Crippen LogP contribution in [-0.4, -0.2) is 36.2 Å². The minimum atomic E-state index is 0.831. The highest BCUT2D eigenvalue weighted by Crippen LogP contribution is 2.25. The second-order valence-corrected chi connectivity index (χ2v) is 4.47. The number of hydrogen-bond acceptors (Lipinski definition) is 3. The number of benzene rings is 1. The van der Waals surface area contributed by atoms with Crippen molar-refractivity contribution in [2.75, 3.05) is 32.0 Å². The molecule has 1 aliphatic rings. The molecule has 0 spiro atoms. The summed E-state index contributed by atoms with van der Waals surface area (Å²) in [7, 11) is 0. The summed E-state index contributed by atoms with van der Waals surface area (Å²) in [5, 5.41) is 1.17. The van der Waals surface area contributed by atoms with Crippen LogP contribution in [0.25, 0.3) is 10.9 Å². The monoisotopic (exact) mass is 231 g/mol. The number of fused-ring (bicyclic) bond motifs is 1. The molecular weight excluding hydrogens is 214 g/mol. The maximum absolute atomic E-state index is 6.04. The molecule has 0 unspecified atom stereocenters. The van der Waals surface area contributed by atoms with Gasteiger partial charge in [-0.1, -0.05) is 6.07 Å². The van der Waals surface area contributed by atoms with E-state index in [1.165, 1.54) is 10.9 Å². The van der Waals surface area contributed by atoms with Crippen molar-refractivity contribution in [2.24, 2.45) is 0 Å². The van der Waals surface area contributed by atoms with E-state index in [9.17, 15) is 0 Å². The van der Waals surface area contributed by atoms with Gasteiger partial charge < -0.3 is 15.5 Å². The second kappa shape index (κ2) is 4.39. The van der Waals surface area contributed by atoms with Crippen LogP contribution in [-0.2, 0) is 11.3 Å². The van der Waals surface area contributed by atoms with Gasteiger partial charge >= 0.3 is 0 Å². The zero-order valence-electron chi connectivity index (χ0n) is 9.78. The van der Waals surface area contributed by atoms with Crippen molar-refractivity contribution in [3.8, 4) is 0 Å². The zero-order chi connectivity index (χ0) is 11.7. The molecule has 4 nitrogen and oxygen atoms in total. The maximum Gasteiger partial charge on any atom is 0.0594 e. The SMILES string of the molecule is Nc1cccc2[nH]cc(CN3CCOCC3)c12. The Morgan fingerprint density at radius 2 is 2.12 bits per heavy atom. The van der Waals surface area contributed by atoms with Crippen LogP contribution in [0.2, 0.25) is 0 Å². The first-order valence-electron chi connectivity index (χ1n) is 5.99. The molecule has 1 aromatic heterocycles. The van der Waals surface area contributed by atoms with Gasteiger partial charge in [-0.3, -0.25) is 4.90 Å². The lowest BCUT2D eigenvalue weighted by Gasteiger charge is -2.26. The summed E-state index contributed by atoms with van der Waals surface area (Å²) in [6, 6.07) is 6.00. The molecular formula is C13H17N3O. The summed E-state index contributed by atoms with van der Waals surface area (Å²) in [6.45, 7) is 4.60. The second-order valence-electron chi connectivity index (χ2n) is 4.47. The molecule has 1 saturated heterocycles. The highest BCUT2D eigenvalue weighted by molar-refractivity contribution is 5.93. The molecule has 0 amide bonds. The molecule has 2 heterocycles. The van der Waals surface area contributed by atoms with Crippen molar-refractivity contribution in [3.05, 3.63) is 30.0 Å². The number of ether oxygens (including phenoxy) is 1. The van der Waals surface area contributed by atoms with Crippen LogP contribution in [0.4, 0.5) is 5.69 Å². The molecule has 0 aliphatic carbocycles. The minimum absolute atomic E-state index is 0.831. The average molecular weight is 231 g/mol. The van der Waals surface area contributed by atoms with E-state index in [-0.39, 0.29) is 0 Å². The summed E-state index contributed by atoms with van der Waals surface area (Å²) in [6.07, 6.45) is 2.07. The van der Waals surface area contributed by atoms with E-state index >= 15 is 0 Å². The van der Waals surface area contributed by atoms with E-state index in [0.717, 1.165) is 44.1 Å². The number of morpholine rings is 1. The lowest BCUT2D eigenvalue weighted by atomic mass is 10.1. The fourth-order valence-corrected chi connectivity index (χ4v) is 2.41. The zero-order valence-corrected chi connectivity index (χ0v) is 9.78. The number of aromatic amines is 1. The molecule has 0 radical (unpaired) electrons. The van der Waals surface area contributed by atoms with E-state index in [0.29, 0.717) is 0 Å². The van der Waals surface area contributed by atoms with E-state index in [1.807, 2.05) is 12.1 Å². The highest BCUT2D eigenvalue weighted by Gasteiger charge is 2.13. The van der Waals surface area contributed by atoms with Gasteiger partial charge in [-0.15, -0.1) is 0 Å². The molecule has 1 aliphatic heterocycles. The first kappa shape index (κ1) is 10.6. The normalized spacial score (nSPS) is 17.6. The predicted molar refractivity (Wildman–Crippen MR) is 68.8 cm³/mol. The lowest BCUT2D eigenvalue weighted by molar-refractivity contribution is 0.0344. The molecule has 3 N–H and O–H groups in total. The summed E-state index contributed by atoms with van der Waals surface area (Å²) in [4.78, 5) is 5.68. The van der Waals surface area contributed by atoms with Gasteiger partial charge in [0.2, 0.25) is 0 Å². The van der Waals surface area contributed by atoms with E-state index < -0.39 is 0 Å². The van der Waals surface area contributed by atoms with Crippen molar-refractivity contribution in [1.29, 1.82) is 0 Å². The van der Waals surface area contributed by atoms with Crippen LogP contribution in [0.15, 0.2) is 24.4 Å². The first-order chi connectivity index (χ1) is 8.34. The molecule has 17 heavy (non-hydrogen) atoms. The number of nitrogens with two attached hydrogens (primary N) is 1. The smallest absolute Gasteiger partial charge is 0.0594 e. The maximum atomic E-state index is 6.04. The quantitative estimate of drug-likeness (QED) is 0.772. The van der Waals surface area contributed by atoms with Gasteiger partial charge in [-0.25, -0.2) is 0 Å². The molecule has 90 valence electrons. The Bertz CT molecular complexity index is 514. The minimum Gasteiger partial charge on any atom is -0.398 e. The van der Waals surface area contributed by atoms with Gasteiger partial charge in [0.15, 0.2) is 0 Å². The van der Waals surface area contributed by atoms with Gasteiger partial charge in [0.1, 0.15) is 0 Å². The fraction of sp³-hybridized carbons (Fsp3) is 0.385. The molecule has 0 bridgehead atoms. The predicted octanol–water partition coefficient (Wildman–Crippen LogP) is 1.58. The van der Waals surface area contributed by atoms with Gasteiger partial charge in [0.25, 0.3) is 0 Å². The van der Waals surface area contributed by atoms with Crippen molar-refractivity contribution in [1.82, 2.24) is 9.88 Å². The van der Waals surface area contributed by atoms with Gasteiger partial charge in [0, 0.05) is 42.4 Å². The Hall–Kier alpha value is -1.52. The summed E-state index contributed by atoms with van der Waals surface area (Å²) < 4.78 is 5.36. The summed E-state index contributed by atoms with van der Waals surface area (Å²) in [5.41, 5.74) is 9.29. The first-order valence-corrected chi connectivity index (χ1v) is 5.99. The molecule has 1 fully saturated rings. The molecule has 1 aromatic carbocycles. The molecule has 3 rings (SSSR count). The third kappa shape index (κ3) is 2.01. The number of nitrogens with zero attached hydrogens (tertiary/aromatic N) is 1. The Labute approximate surface area is 100 Å². The largest absolute Gasteiger partial charge is 0.398 e. The van der Waals surface area contributed by atoms with E-state index in [1.54, 1.807) is 0 Å². The van der Waals surface area contributed by atoms with Crippen molar-refractivity contribution in [3.63, 3.8) is 0 Å². The Balaban J connectivity index is 1.89. The number of anilines is 1. The molecule has 0 saturated carbocycles. The Morgan fingerprint density at radius 1 is 1.29 bits per heavy atom. The third-order valence-corrected chi connectivity index (χ3v) is 3.32. The molecule has 2 aromatic rings. The van der Waals surface area contributed by atoms with Crippen molar-refractivity contribution in [2.45, 2.75) is 6.54 Å². The molecule has 0 atom stereocenters. The van der Waals surface area contributed by atoms with Crippen LogP contribution >= 0.6 is 0 Å². The molecule has 4 heteroatoms. The van der Waals surface area contributed by atoms with Gasteiger partial charge in [-0.2, -0.15) is 0 Å². The highest BCUT2D eigenvalue weighted by atomic mass is 16.5. The summed E-state index contributed by atoms with van der Waals surface area (Å²) >= 11 is 0. The number of rotatable bonds is 2. The number of H-pyrrole nitrogens is 1. The number of aromatic nitrogens is 1. The van der Waals surface area contributed by atoms with Crippen LogP contribution in [0.3, 0.4) is 0 Å². The van der Waals surface area contributed by atoms with Crippen LogP contribution in [0.1, 0.15) is 5.56 Å². The van der Waals surface area contributed by atoms with Crippen molar-refractivity contribution < 1.29 is 4.74 Å². The van der Waals surface area contributed by atoms with Crippen molar-refractivity contribution >= 4 is 16.6 Å². The number of nitrogen functional groups attached to an aromatic ring is 1. The van der Waals surface area contributed by atoms with E-state index in [2.05, 4.69) is 22.1 Å². The lowest BCUT2D eigenvalue weighted by Crippen LogP contribution is -2.35.